The van der Waals surface area contributed by atoms with Crippen LogP contribution in [0.2, 0.25) is 5.15 Å². The number of rotatable bonds is 2. The van der Waals surface area contributed by atoms with Gasteiger partial charge in [0, 0.05) is 17.8 Å². The molecule has 0 spiro atoms. The predicted molar refractivity (Wildman–Crippen MR) is 66.6 cm³/mol. The van der Waals surface area contributed by atoms with Crippen molar-refractivity contribution in [2.24, 2.45) is 5.73 Å². The summed E-state index contributed by atoms with van der Waals surface area (Å²) < 4.78 is 0. The first-order valence-electron chi connectivity index (χ1n) is 5.24. The van der Waals surface area contributed by atoms with Gasteiger partial charge in [0.25, 0.3) is 0 Å². The fraction of sp³-hybridized carbons (Fsp3) is 0.333. The van der Waals surface area contributed by atoms with E-state index in [4.69, 9.17) is 17.3 Å². The molecule has 0 amide bonds. The lowest BCUT2D eigenvalue weighted by molar-refractivity contribution is 0.705. The summed E-state index contributed by atoms with van der Waals surface area (Å²) in [7, 11) is 0. The number of aromatic nitrogens is 2. The first kappa shape index (κ1) is 11.3. The van der Waals surface area contributed by atoms with E-state index in [2.05, 4.69) is 9.97 Å². The first-order valence-corrected chi connectivity index (χ1v) is 5.62. The molecule has 0 radical (unpaired) electrons. The van der Waals surface area contributed by atoms with Crippen LogP contribution in [0.5, 0.6) is 0 Å². The molecule has 4 heteroatoms. The van der Waals surface area contributed by atoms with Gasteiger partial charge < -0.3 is 5.73 Å². The molecule has 2 aromatic rings. The quantitative estimate of drug-likeness (QED) is 0.814. The van der Waals surface area contributed by atoms with Gasteiger partial charge in [0.1, 0.15) is 11.0 Å². The van der Waals surface area contributed by atoms with E-state index in [-0.39, 0.29) is 6.04 Å². The molecular weight excluding hydrogens is 222 g/mol. The third-order valence-electron chi connectivity index (χ3n) is 2.36. The van der Waals surface area contributed by atoms with Crippen LogP contribution in [0.25, 0.3) is 10.9 Å². The van der Waals surface area contributed by atoms with E-state index in [1.165, 1.54) is 0 Å². The van der Waals surface area contributed by atoms with Crippen molar-refractivity contribution < 1.29 is 0 Å². The molecule has 84 valence electrons. The van der Waals surface area contributed by atoms with Crippen LogP contribution in [0, 0.1) is 6.92 Å². The maximum absolute atomic E-state index is 6.11. The van der Waals surface area contributed by atoms with Crippen LogP contribution in [-0.4, -0.2) is 16.0 Å². The number of hydrogen-bond acceptors (Lipinski definition) is 3. The third-order valence-corrected chi connectivity index (χ3v) is 2.64. The number of nitrogens with zero attached hydrogens (tertiary/aromatic N) is 2. The molecule has 0 saturated heterocycles. The molecule has 3 nitrogen and oxygen atoms in total. The van der Waals surface area contributed by atoms with E-state index in [0.717, 1.165) is 16.5 Å². The summed E-state index contributed by atoms with van der Waals surface area (Å²) in [4.78, 5) is 8.71. The van der Waals surface area contributed by atoms with Gasteiger partial charge in [0.15, 0.2) is 0 Å². The third kappa shape index (κ3) is 2.31. The Labute approximate surface area is 99.7 Å². The predicted octanol–water partition coefficient (Wildman–Crippen LogP) is 2.48. The van der Waals surface area contributed by atoms with Crippen LogP contribution in [-0.2, 0) is 6.42 Å². The summed E-state index contributed by atoms with van der Waals surface area (Å²) in [5.41, 5.74) is 7.77. The van der Waals surface area contributed by atoms with E-state index in [1.54, 1.807) is 0 Å². The normalized spacial score (nSPS) is 13.0. The summed E-state index contributed by atoms with van der Waals surface area (Å²) in [6.45, 7) is 3.96. The van der Waals surface area contributed by atoms with Crippen molar-refractivity contribution >= 4 is 22.5 Å². The van der Waals surface area contributed by atoms with Gasteiger partial charge >= 0.3 is 0 Å². The molecular formula is C12H14ClN3. The van der Waals surface area contributed by atoms with Gasteiger partial charge in [-0.3, -0.25) is 0 Å². The van der Waals surface area contributed by atoms with E-state index >= 15 is 0 Å². The standard InChI is InChI=1S/C12H14ClN3/c1-7-3-4-9-10(5-7)15-11(6-8(2)14)16-12(9)13/h3-5,8H,6,14H2,1-2H3. The Kier molecular flexibility index (Phi) is 3.08. The maximum Gasteiger partial charge on any atom is 0.140 e. The van der Waals surface area contributed by atoms with Crippen LogP contribution in [0.15, 0.2) is 18.2 Å². The highest BCUT2D eigenvalue weighted by molar-refractivity contribution is 6.34. The van der Waals surface area contributed by atoms with Crippen molar-refractivity contribution in [2.75, 3.05) is 0 Å². The molecule has 0 saturated carbocycles. The zero-order valence-corrected chi connectivity index (χ0v) is 10.1. The molecule has 16 heavy (non-hydrogen) atoms. The van der Waals surface area contributed by atoms with Crippen molar-refractivity contribution in [3.8, 4) is 0 Å². The molecule has 1 heterocycles. The Bertz CT molecular complexity index is 523. The molecule has 1 aromatic carbocycles. The van der Waals surface area contributed by atoms with Crippen molar-refractivity contribution in [2.45, 2.75) is 26.3 Å². The first-order chi connectivity index (χ1) is 7.56. The highest BCUT2D eigenvalue weighted by Crippen LogP contribution is 2.21. The van der Waals surface area contributed by atoms with Gasteiger partial charge in [0.05, 0.1) is 5.52 Å². The zero-order valence-electron chi connectivity index (χ0n) is 9.37. The summed E-state index contributed by atoms with van der Waals surface area (Å²) in [6.07, 6.45) is 0.642. The Morgan fingerprint density at radius 2 is 2.12 bits per heavy atom. The number of hydrogen-bond donors (Lipinski definition) is 1. The molecule has 0 bridgehead atoms. The van der Waals surface area contributed by atoms with Crippen LogP contribution < -0.4 is 5.73 Å². The Balaban J connectivity index is 2.56. The van der Waals surface area contributed by atoms with E-state index in [1.807, 2.05) is 32.0 Å². The minimum absolute atomic E-state index is 0.0401. The highest BCUT2D eigenvalue weighted by atomic mass is 35.5. The average Bonchev–Trinajstić information content (AvgIpc) is 2.15. The monoisotopic (exact) mass is 235 g/mol. The van der Waals surface area contributed by atoms with Gasteiger partial charge in [-0.15, -0.1) is 0 Å². The second-order valence-corrected chi connectivity index (χ2v) is 4.49. The second-order valence-electron chi connectivity index (χ2n) is 4.13. The van der Waals surface area contributed by atoms with Crippen molar-refractivity contribution in [1.82, 2.24) is 9.97 Å². The van der Waals surface area contributed by atoms with Crippen LogP contribution in [0.1, 0.15) is 18.3 Å². The molecule has 0 aliphatic heterocycles. The zero-order chi connectivity index (χ0) is 11.7. The van der Waals surface area contributed by atoms with Crippen molar-refractivity contribution in [3.05, 3.63) is 34.7 Å². The fourth-order valence-corrected chi connectivity index (χ4v) is 1.88. The van der Waals surface area contributed by atoms with Gasteiger partial charge in [0.2, 0.25) is 0 Å². The smallest absolute Gasteiger partial charge is 0.140 e. The van der Waals surface area contributed by atoms with Gasteiger partial charge in [-0.1, -0.05) is 17.7 Å². The largest absolute Gasteiger partial charge is 0.328 e. The number of fused-ring (bicyclic) bond motifs is 1. The summed E-state index contributed by atoms with van der Waals surface area (Å²) in [5.74, 6) is 0.707. The second kappa shape index (κ2) is 4.36. The van der Waals surface area contributed by atoms with Crippen LogP contribution >= 0.6 is 11.6 Å². The SMILES string of the molecule is Cc1ccc2c(Cl)nc(CC(C)N)nc2c1. The lowest BCUT2D eigenvalue weighted by Gasteiger charge is -2.07. The number of halogens is 1. The molecule has 1 atom stereocenters. The fourth-order valence-electron chi connectivity index (χ4n) is 1.63. The Morgan fingerprint density at radius 3 is 2.81 bits per heavy atom. The lowest BCUT2D eigenvalue weighted by Crippen LogP contribution is -2.19. The topological polar surface area (TPSA) is 51.8 Å². The minimum atomic E-state index is 0.0401. The lowest BCUT2D eigenvalue weighted by atomic mass is 10.1. The molecule has 0 fully saturated rings. The Morgan fingerprint density at radius 1 is 1.38 bits per heavy atom. The van der Waals surface area contributed by atoms with Crippen LogP contribution in [0.3, 0.4) is 0 Å². The molecule has 2 N–H and O–H groups in total. The van der Waals surface area contributed by atoms with Crippen molar-refractivity contribution in [1.29, 1.82) is 0 Å². The van der Waals surface area contributed by atoms with Crippen molar-refractivity contribution in [3.63, 3.8) is 0 Å². The maximum atomic E-state index is 6.11. The number of nitrogens with two attached hydrogens (primary N) is 1. The van der Waals surface area contributed by atoms with Gasteiger partial charge in [-0.05, 0) is 31.5 Å². The Hall–Kier alpha value is -1.19. The molecule has 0 aliphatic carbocycles. The summed E-state index contributed by atoms with van der Waals surface area (Å²) in [6, 6.07) is 6.00. The number of benzene rings is 1. The molecule has 2 rings (SSSR count). The molecule has 1 unspecified atom stereocenters. The summed E-state index contributed by atoms with van der Waals surface area (Å²) >= 11 is 6.11. The molecule has 0 aliphatic rings. The number of aryl methyl sites for hydroxylation is 1. The van der Waals surface area contributed by atoms with E-state index in [0.29, 0.717) is 17.4 Å². The minimum Gasteiger partial charge on any atom is -0.328 e. The average molecular weight is 236 g/mol. The van der Waals surface area contributed by atoms with Crippen LogP contribution in [0.4, 0.5) is 0 Å². The van der Waals surface area contributed by atoms with E-state index in [9.17, 15) is 0 Å². The summed E-state index contributed by atoms with van der Waals surface area (Å²) in [5, 5.41) is 1.39. The van der Waals surface area contributed by atoms with Gasteiger partial charge in [-0.2, -0.15) is 0 Å². The van der Waals surface area contributed by atoms with E-state index < -0.39 is 0 Å². The molecule has 1 aromatic heterocycles. The highest BCUT2D eigenvalue weighted by Gasteiger charge is 2.07. The van der Waals surface area contributed by atoms with Gasteiger partial charge in [-0.25, -0.2) is 9.97 Å².